The van der Waals surface area contributed by atoms with Crippen molar-refractivity contribution >= 4 is 27.5 Å². The Morgan fingerprint density at radius 2 is 1.85 bits per heavy atom. The molecule has 1 unspecified atom stereocenters. The molecule has 0 fully saturated rings. The van der Waals surface area contributed by atoms with Crippen molar-refractivity contribution in [3.8, 4) is 5.75 Å². The summed E-state index contributed by atoms with van der Waals surface area (Å²) < 4.78 is 6.31. The Balaban J connectivity index is 2.04. The number of hydrogen-bond acceptors (Lipinski definition) is 2. The van der Waals surface area contributed by atoms with Crippen molar-refractivity contribution < 1.29 is 4.74 Å². The minimum absolute atomic E-state index is 0.0552. The minimum atomic E-state index is 0.0552. The summed E-state index contributed by atoms with van der Waals surface area (Å²) in [6.45, 7) is 0. The van der Waals surface area contributed by atoms with Gasteiger partial charge in [-0.1, -0.05) is 39.7 Å². The average molecular weight is 355 g/mol. The maximum Gasteiger partial charge on any atom is 0.119 e. The molecule has 2 aromatic carbocycles. The lowest BCUT2D eigenvalue weighted by Crippen LogP contribution is -2.25. The quantitative estimate of drug-likeness (QED) is 0.872. The second-order valence-electron chi connectivity index (χ2n) is 4.75. The van der Waals surface area contributed by atoms with Gasteiger partial charge in [0.15, 0.2) is 0 Å². The maximum atomic E-state index is 6.24. The summed E-state index contributed by atoms with van der Waals surface area (Å²) in [5.74, 6) is 0.849. The van der Waals surface area contributed by atoms with Crippen LogP contribution in [0.3, 0.4) is 0 Å². The molecular weight excluding hydrogens is 338 g/mol. The van der Waals surface area contributed by atoms with Crippen LogP contribution in [0.4, 0.5) is 0 Å². The van der Waals surface area contributed by atoms with Crippen molar-refractivity contribution in [2.45, 2.75) is 18.9 Å². The third kappa shape index (κ3) is 4.23. The summed E-state index contributed by atoms with van der Waals surface area (Å²) in [6, 6.07) is 13.8. The first-order valence-corrected chi connectivity index (χ1v) is 7.58. The van der Waals surface area contributed by atoms with E-state index in [4.69, 9.17) is 22.1 Å². The predicted molar refractivity (Wildman–Crippen MR) is 87.5 cm³/mol. The van der Waals surface area contributed by atoms with E-state index in [1.807, 2.05) is 42.5 Å². The molecule has 0 saturated carbocycles. The largest absolute Gasteiger partial charge is 0.497 e. The molecule has 4 heteroatoms. The van der Waals surface area contributed by atoms with Crippen LogP contribution in [0.1, 0.15) is 11.1 Å². The van der Waals surface area contributed by atoms with Gasteiger partial charge in [0.05, 0.1) is 7.11 Å². The zero-order valence-electron chi connectivity index (χ0n) is 11.3. The number of nitrogens with two attached hydrogens (primary N) is 1. The minimum Gasteiger partial charge on any atom is -0.497 e. The normalized spacial score (nSPS) is 12.2. The van der Waals surface area contributed by atoms with Gasteiger partial charge in [-0.2, -0.15) is 0 Å². The van der Waals surface area contributed by atoms with E-state index in [1.165, 1.54) is 5.56 Å². The maximum absolute atomic E-state index is 6.24. The van der Waals surface area contributed by atoms with Crippen LogP contribution in [0, 0.1) is 0 Å². The Hall–Kier alpha value is -1.03. The molecule has 0 aliphatic rings. The summed E-state index contributed by atoms with van der Waals surface area (Å²) in [7, 11) is 1.67. The lowest BCUT2D eigenvalue weighted by Gasteiger charge is -2.14. The van der Waals surface area contributed by atoms with Gasteiger partial charge in [-0.15, -0.1) is 0 Å². The van der Waals surface area contributed by atoms with Gasteiger partial charge in [-0.05, 0) is 54.3 Å². The zero-order valence-corrected chi connectivity index (χ0v) is 13.6. The molecule has 2 rings (SSSR count). The molecular formula is C16H17BrClNO. The lowest BCUT2D eigenvalue weighted by atomic mass is 10.00. The lowest BCUT2D eigenvalue weighted by molar-refractivity contribution is 0.414. The first-order valence-electron chi connectivity index (χ1n) is 6.41. The summed E-state index contributed by atoms with van der Waals surface area (Å²) >= 11 is 9.44. The van der Waals surface area contributed by atoms with Crippen LogP contribution in [-0.2, 0) is 12.8 Å². The van der Waals surface area contributed by atoms with Crippen molar-refractivity contribution in [2.75, 3.05) is 7.11 Å². The first kappa shape index (κ1) is 15.4. The van der Waals surface area contributed by atoms with Crippen LogP contribution >= 0.6 is 27.5 Å². The SMILES string of the molecule is COc1ccc(Br)c(CC(N)Cc2ccc(Cl)cc2)c1. The standard InChI is InChI=1S/C16H17BrClNO/c1-20-15-6-7-16(17)12(10-15)9-14(19)8-11-2-4-13(18)5-3-11/h2-7,10,14H,8-9,19H2,1H3. The zero-order chi connectivity index (χ0) is 14.5. The van der Waals surface area contributed by atoms with Crippen molar-refractivity contribution in [3.63, 3.8) is 0 Å². The number of ether oxygens (including phenoxy) is 1. The topological polar surface area (TPSA) is 35.2 Å². The molecule has 0 amide bonds. The van der Waals surface area contributed by atoms with E-state index in [-0.39, 0.29) is 6.04 Å². The fourth-order valence-corrected chi connectivity index (χ4v) is 2.65. The molecule has 0 radical (unpaired) electrons. The van der Waals surface area contributed by atoms with Crippen LogP contribution in [0.2, 0.25) is 5.02 Å². The molecule has 20 heavy (non-hydrogen) atoms. The van der Waals surface area contributed by atoms with Crippen molar-refractivity contribution in [1.29, 1.82) is 0 Å². The molecule has 0 spiro atoms. The van der Waals surface area contributed by atoms with Gasteiger partial charge in [0, 0.05) is 15.5 Å². The molecule has 0 aliphatic carbocycles. The third-order valence-corrected chi connectivity index (χ3v) is 4.17. The Labute approximate surface area is 133 Å². The summed E-state index contributed by atoms with van der Waals surface area (Å²) in [4.78, 5) is 0. The molecule has 0 aliphatic heterocycles. The Morgan fingerprint density at radius 3 is 2.50 bits per heavy atom. The Bertz CT molecular complexity index is 571. The van der Waals surface area contributed by atoms with Gasteiger partial charge >= 0.3 is 0 Å². The average Bonchev–Trinajstić information content (AvgIpc) is 2.44. The van der Waals surface area contributed by atoms with Gasteiger partial charge in [-0.25, -0.2) is 0 Å². The van der Waals surface area contributed by atoms with E-state index in [0.717, 1.165) is 33.6 Å². The summed E-state index contributed by atoms with van der Waals surface area (Å²) in [6.07, 6.45) is 1.61. The summed E-state index contributed by atoms with van der Waals surface area (Å²) in [5, 5.41) is 0.748. The van der Waals surface area contributed by atoms with Crippen LogP contribution in [0.5, 0.6) is 5.75 Å². The Morgan fingerprint density at radius 1 is 1.15 bits per heavy atom. The van der Waals surface area contributed by atoms with E-state index in [2.05, 4.69) is 15.9 Å². The highest BCUT2D eigenvalue weighted by Crippen LogP contribution is 2.24. The van der Waals surface area contributed by atoms with E-state index >= 15 is 0 Å². The number of benzene rings is 2. The van der Waals surface area contributed by atoms with Gasteiger partial charge in [0.25, 0.3) is 0 Å². The van der Waals surface area contributed by atoms with E-state index in [9.17, 15) is 0 Å². The number of methoxy groups -OCH3 is 1. The molecule has 106 valence electrons. The van der Waals surface area contributed by atoms with Gasteiger partial charge < -0.3 is 10.5 Å². The van der Waals surface area contributed by atoms with Gasteiger partial charge in [0.1, 0.15) is 5.75 Å². The molecule has 1 atom stereocenters. The van der Waals surface area contributed by atoms with E-state index in [1.54, 1.807) is 7.11 Å². The summed E-state index contributed by atoms with van der Waals surface area (Å²) in [5.41, 5.74) is 8.60. The van der Waals surface area contributed by atoms with E-state index in [0.29, 0.717) is 0 Å². The second-order valence-corrected chi connectivity index (χ2v) is 6.04. The highest BCUT2D eigenvalue weighted by molar-refractivity contribution is 9.10. The molecule has 2 nitrogen and oxygen atoms in total. The van der Waals surface area contributed by atoms with Crippen LogP contribution in [0.15, 0.2) is 46.9 Å². The Kier molecular flexibility index (Phi) is 5.46. The molecule has 0 bridgehead atoms. The number of rotatable bonds is 5. The monoisotopic (exact) mass is 353 g/mol. The predicted octanol–water partition coefficient (Wildman–Crippen LogP) is 4.22. The van der Waals surface area contributed by atoms with E-state index < -0.39 is 0 Å². The first-order chi connectivity index (χ1) is 9.58. The van der Waals surface area contributed by atoms with Crippen molar-refractivity contribution in [1.82, 2.24) is 0 Å². The van der Waals surface area contributed by atoms with Crippen LogP contribution in [0.25, 0.3) is 0 Å². The fourth-order valence-electron chi connectivity index (χ4n) is 2.11. The second kappa shape index (κ2) is 7.11. The van der Waals surface area contributed by atoms with Crippen molar-refractivity contribution in [3.05, 3.63) is 63.1 Å². The van der Waals surface area contributed by atoms with Crippen LogP contribution < -0.4 is 10.5 Å². The highest BCUT2D eigenvalue weighted by Gasteiger charge is 2.09. The third-order valence-electron chi connectivity index (χ3n) is 3.15. The number of halogens is 2. The van der Waals surface area contributed by atoms with Crippen molar-refractivity contribution in [2.24, 2.45) is 5.73 Å². The highest BCUT2D eigenvalue weighted by atomic mass is 79.9. The molecule has 0 aromatic heterocycles. The molecule has 2 aromatic rings. The van der Waals surface area contributed by atoms with Gasteiger partial charge in [0.2, 0.25) is 0 Å². The van der Waals surface area contributed by atoms with Gasteiger partial charge in [-0.3, -0.25) is 0 Å². The fraction of sp³-hybridized carbons (Fsp3) is 0.250. The molecule has 0 saturated heterocycles. The molecule has 0 heterocycles. The smallest absolute Gasteiger partial charge is 0.119 e. The van der Waals surface area contributed by atoms with Crippen LogP contribution in [-0.4, -0.2) is 13.2 Å². The number of hydrogen-bond donors (Lipinski definition) is 1. The molecule has 2 N–H and O–H groups in total.